The molecular weight excluding hydrogens is 107 g/mol. The Bertz CT molecular complexity index is 116. The lowest BCUT2D eigenvalue weighted by molar-refractivity contribution is 0.292. The minimum absolute atomic E-state index is 0.482. The third-order valence-corrected chi connectivity index (χ3v) is 0.682. The molecule has 0 atom stereocenters. The highest BCUT2D eigenvalue weighted by Crippen LogP contribution is 1.99. The lowest BCUT2D eigenvalue weighted by Gasteiger charge is -1.93. The number of allylic oxidation sites excluding steroid dienone is 3. The Kier molecular flexibility index (Phi) is 2.92. The summed E-state index contributed by atoms with van der Waals surface area (Å²) in [4.78, 5) is 0. The third kappa shape index (κ3) is 3.40. The summed E-state index contributed by atoms with van der Waals surface area (Å²) in [7, 11) is 1.48. The first kappa shape index (κ1) is 7.21. The second-order valence-electron chi connectivity index (χ2n) is 1.41. The van der Waals surface area contributed by atoms with Crippen molar-refractivity contribution in [2.24, 2.45) is 0 Å². The van der Waals surface area contributed by atoms with E-state index >= 15 is 0 Å². The molecular formula is C6H9FO. The van der Waals surface area contributed by atoms with Crippen molar-refractivity contribution >= 4 is 0 Å². The summed E-state index contributed by atoms with van der Waals surface area (Å²) in [6.07, 6.45) is 1.22. The highest BCUT2D eigenvalue weighted by Gasteiger charge is 1.84. The van der Waals surface area contributed by atoms with Gasteiger partial charge in [0.1, 0.15) is 5.83 Å². The molecule has 0 amide bonds. The van der Waals surface area contributed by atoms with Crippen LogP contribution < -0.4 is 0 Å². The molecule has 0 aliphatic heterocycles. The highest BCUT2D eigenvalue weighted by atomic mass is 19.1. The van der Waals surface area contributed by atoms with E-state index in [4.69, 9.17) is 0 Å². The summed E-state index contributed by atoms with van der Waals surface area (Å²) in [5, 5.41) is 0. The van der Waals surface area contributed by atoms with E-state index in [0.717, 1.165) is 0 Å². The molecule has 0 aromatic rings. The quantitative estimate of drug-likeness (QED) is 0.396. The van der Waals surface area contributed by atoms with Crippen LogP contribution in [0.15, 0.2) is 24.2 Å². The lowest BCUT2D eigenvalue weighted by atomic mass is 10.4. The number of rotatable bonds is 2. The molecule has 0 saturated carbocycles. The number of hydrogen-bond acceptors (Lipinski definition) is 1. The SMILES string of the molecule is C=C(F)/C=C(\C)OC. The average Bonchev–Trinajstić information content (AvgIpc) is 1.65. The van der Waals surface area contributed by atoms with Crippen molar-refractivity contribution in [3.63, 3.8) is 0 Å². The maximum Gasteiger partial charge on any atom is 0.119 e. The van der Waals surface area contributed by atoms with Crippen LogP contribution in [0.5, 0.6) is 0 Å². The average molecular weight is 116 g/mol. The Labute approximate surface area is 48.5 Å². The van der Waals surface area contributed by atoms with Gasteiger partial charge in [-0.15, -0.1) is 0 Å². The van der Waals surface area contributed by atoms with Gasteiger partial charge in [-0.1, -0.05) is 6.58 Å². The molecule has 1 nitrogen and oxygen atoms in total. The highest BCUT2D eigenvalue weighted by molar-refractivity contribution is 5.08. The molecule has 0 rings (SSSR count). The zero-order chi connectivity index (χ0) is 6.57. The first-order chi connectivity index (χ1) is 3.66. The zero-order valence-corrected chi connectivity index (χ0v) is 5.07. The topological polar surface area (TPSA) is 9.23 Å². The summed E-state index contributed by atoms with van der Waals surface area (Å²) >= 11 is 0. The van der Waals surface area contributed by atoms with Gasteiger partial charge in [0.15, 0.2) is 0 Å². The standard InChI is InChI=1S/C6H9FO/c1-5(7)4-6(2)8-3/h4H,1H2,2-3H3/b6-4+. The van der Waals surface area contributed by atoms with Crippen molar-refractivity contribution in [3.05, 3.63) is 24.2 Å². The summed E-state index contributed by atoms with van der Waals surface area (Å²) in [5.41, 5.74) is 0. The van der Waals surface area contributed by atoms with Crippen molar-refractivity contribution in [1.29, 1.82) is 0 Å². The van der Waals surface area contributed by atoms with Gasteiger partial charge in [-0.3, -0.25) is 0 Å². The second-order valence-corrected chi connectivity index (χ2v) is 1.41. The molecule has 0 N–H and O–H groups in total. The van der Waals surface area contributed by atoms with Crippen LogP contribution in [0.3, 0.4) is 0 Å². The zero-order valence-electron chi connectivity index (χ0n) is 5.07. The van der Waals surface area contributed by atoms with Crippen molar-refractivity contribution in [1.82, 2.24) is 0 Å². The number of methoxy groups -OCH3 is 1. The fraction of sp³-hybridized carbons (Fsp3) is 0.333. The molecule has 0 bridgehead atoms. The normalized spacial score (nSPS) is 11.1. The van der Waals surface area contributed by atoms with Crippen molar-refractivity contribution < 1.29 is 9.13 Å². The molecule has 0 aromatic carbocycles. The Morgan fingerprint density at radius 2 is 2.25 bits per heavy atom. The van der Waals surface area contributed by atoms with Gasteiger partial charge in [-0.2, -0.15) is 0 Å². The first-order valence-electron chi connectivity index (χ1n) is 2.23. The van der Waals surface area contributed by atoms with Gasteiger partial charge in [-0.25, -0.2) is 4.39 Å². The van der Waals surface area contributed by atoms with Gasteiger partial charge < -0.3 is 4.74 Å². The largest absolute Gasteiger partial charge is 0.501 e. The van der Waals surface area contributed by atoms with E-state index in [9.17, 15) is 4.39 Å². The van der Waals surface area contributed by atoms with Crippen LogP contribution in [0.1, 0.15) is 6.92 Å². The van der Waals surface area contributed by atoms with Gasteiger partial charge in [0.25, 0.3) is 0 Å². The number of halogens is 1. The number of hydrogen-bond donors (Lipinski definition) is 0. The van der Waals surface area contributed by atoms with Crippen LogP contribution in [0.4, 0.5) is 4.39 Å². The van der Waals surface area contributed by atoms with Crippen molar-refractivity contribution in [2.45, 2.75) is 6.92 Å². The van der Waals surface area contributed by atoms with E-state index in [0.29, 0.717) is 5.76 Å². The van der Waals surface area contributed by atoms with Gasteiger partial charge in [0.05, 0.1) is 12.9 Å². The monoisotopic (exact) mass is 116 g/mol. The second kappa shape index (κ2) is 3.24. The molecule has 0 spiro atoms. The van der Waals surface area contributed by atoms with Crippen LogP contribution in [-0.4, -0.2) is 7.11 Å². The van der Waals surface area contributed by atoms with Crippen LogP contribution in [0.2, 0.25) is 0 Å². The Morgan fingerprint density at radius 3 is 2.38 bits per heavy atom. The summed E-state index contributed by atoms with van der Waals surface area (Å²) in [6.45, 7) is 4.68. The van der Waals surface area contributed by atoms with Crippen LogP contribution in [0.25, 0.3) is 0 Å². The van der Waals surface area contributed by atoms with Crippen LogP contribution in [-0.2, 0) is 4.74 Å². The van der Waals surface area contributed by atoms with E-state index in [2.05, 4.69) is 11.3 Å². The third-order valence-electron chi connectivity index (χ3n) is 0.682. The van der Waals surface area contributed by atoms with Gasteiger partial charge >= 0.3 is 0 Å². The minimum atomic E-state index is -0.482. The molecule has 0 unspecified atom stereocenters. The molecule has 8 heavy (non-hydrogen) atoms. The fourth-order valence-electron chi connectivity index (χ4n) is 0.279. The molecule has 0 radical (unpaired) electrons. The Balaban J connectivity index is 3.75. The van der Waals surface area contributed by atoms with E-state index in [1.54, 1.807) is 6.92 Å². The van der Waals surface area contributed by atoms with Crippen LogP contribution in [0, 0.1) is 0 Å². The Morgan fingerprint density at radius 1 is 1.75 bits per heavy atom. The first-order valence-corrected chi connectivity index (χ1v) is 2.23. The lowest BCUT2D eigenvalue weighted by Crippen LogP contribution is -1.77. The minimum Gasteiger partial charge on any atom is -0.501 e. The van der Waals surface area contributed by atoms with Gasteiger partial charge in [0.2, 0.25) is 0 Å². The van der Waals surface area contributed by atoms with Crippen molar-refractivity contribution in [2.75, 3.05) is 7.11 Å². The molecule has 2 heteroatoms. The molecule has 0 aromatic heterocycles. The smallest absolute Gasteiger partial charge is 0.119 e. The molecule has 46 valence electrons. The predicted octanol–water partition coefficient (Wildman–Crippen LogP) is 2.02. The molecule has 0 aliphatic rings. The summed E-state index contributed by atoms with van der Waals surface area (Å²) in [5.74, 6) is 0.0434. The molecule has 0 fully saturated rings. The van der Waals surface area contributed by atoms with E-state index in [1.165, 1.54) is 13.2 Å². The van der Waals surface area contributed by atoms with Gasteiger partial charge in [-0.05, 0) is 6.92 Å². The summed E-state index contributed by atoms with van der Waals surface area (Å²) < 4.78 is 16.4. The maximum atomic E-state index is 11.8. The molecule has 0 heterocycles. The van der Waals surface area contributed by atoms with E-state index < -0.39 is 5.83 Å². The maximum absolute atomic E-state index is 11.8. The Hall–Kier alpha value is -0.790. The predicted molar refractivity (Wildman–Crippen MR) is 31.0 cm³/mol. The number of ether oxygens (including phenoxy) is 1. The van der Waals surface area contributed by atoms with E-state index in [-0.39, 0.29) is 0 Å². The van der Waals surface area contributed by atoms with Crippen LogP contribution >= 0.6 is 0 Å². The molecule has 0 aliphatic carbocycles. The molecule has 0 saturated heterocycles. The fourth-order valence-corrected chi connectivity index (χ4v) is 0.279. The van der Waals surface area contributed by atoms with Crippen molar-refractivity contribution in [3.8, 4) is 0 Å². The van der Waals surface area contributed by atoms with Gasteiger partial charge in [0, 0.05) is 6.08 Å². The summed E-state index contributed by atoms with van der Waals surface area (Å²) in [6, 6.07) is 0. The van der Waals surface area contributed by atoms with E-state index in [1.807, 2.05) is 0 Å².